The number of rotatable bonds is 6. The second-order valence-electron chi connectivity index (χ2n) is 8.29. The average Bonchev–Trinajstić information content (AvgIpc) is 3.25. The van der Waals surface area contributed by atoms with E-state index in [0.29, 0.717) is 36.0 Å². The number of para-hydroxylation sites is 1. The monoisotopic (exact) mass is 476 g/mol. The van der Waals surface area contributed by atoms with Crippen LogP contribution in [0.3, 0.4) is 0 Å². The van der Waals surface area contributed by atoms with Crippen LogP contribution in [-0.2, 0) is 24.7 Å². The summed E-state index contributed by atoms with van der Waals surface area (Å²) >= 11 is 0. The molecule has 2 aromatic carbocycles. The van der Waals surface area contributed by atoms with Crippen LogP contribution >= 0.6 is 0 Å². The number of carbonyl (C=O) groups is 3. The highest BCUT2D eigenvalue weighted by Gasteiger charge is 2.66. The van der Waals surface area contributed by atoms with Gasteiger partial charge in [-0.25, -0.2) is 0 Å². The molecule has 0 bridgehead atoms. The number of Topliss-reactive ketones (excluding diaryl/α,β-unsaturated/α-hetero) is 1. The van der Waals surface area contributed by atoms with Gasteiger partial charge in [0.15, 0.2) is 17.0 Å². The highest BCUT2D eigenvalue weighted by atomic mass is 16.6. The second-order valence-corrected chi connectivity index (χ2v) is 8.29. The molecule has 1 atom stereocenters. The van der Waals surface area contributed by atoms with E-state index in [1.165, 1.54) is 23.0 Å². The van der Waals surface area contributed by atoms with E-state index in [4.69, 9.17) is 14.2 Å². The molecule has 0 aromatic heterocycles. The zero-order valence-corrected chi connectivity index (χ0v) is 19.2. The van der Waals surface area contributed by atoms with E-state index in [9.17, 15) is 19.5 Å². The molecule has 0 saturated carbocycles. The molecule has 35 heavy (non-hydrogen) atoms. The first-order chi connectivity index (χ1) is 17.0. The van der Waals surface area contributed by atoms with Crippen LogP contribution in [0, 0.1) is 0 Å². The van der Waals surface area contributed by atoms with Gasteiger partial charge < -0.3 is 29.1 Å². The third-order valence-electron chi connectivity index (χ3n) is 6.46. The number of methoxy groups -OCH3 is 1. The summed E-state index contributed by atoms with van der Waals surface area (Å²) in [5.41, 5.74) is -0.940. The van der Waals surface area contributed by atoms with Gasteiger partial charge in [-0.2, -0.15) is 0 Å². The van der Waals surface area contributed by atoms with Crippen LogP contribution in [0.15, 0.2) is 60.7 Å². The number of nitrogens with zero attached hydrogens (tertiary/aromatic N) is 2. The molecule has 2 amide bonds. The Balaban J connectivity index is 1.78. The van der Waals surface area contributed by atoms with Crippen LogP contribution in [0.5, 0.6) is 11.5 Å². The maximum absolute atomic E-state index is 14.1. The standard InChI is InChI=1S/C26H24N2O7/c1-3-10-27-18-7-5-4-6-17(18)26(25(27)32)21(23(30)24(31)28(26)11-12-33-2)22(29)16-8-9-19-20(15-16)35-14-13-34-19/h3-9,15,29H,1,10-14H2,2H3/b22-21-/t26-/m0/s1. The van der Waals surface area contributed by atoms with Crippen LogP contribution in [0.4, 0.5) is 5.69 Å². The van der Waals surface area contributed by atoms with Crippen LogP contribution in [0.1, 0.15) is 11.1 Å². The Morgan fingerprint density at radius 3 is 2.63 bits per heavy atom. The molecule has 2 aromatic rings. The lowest BCUT2D eigenvalue weighted by molar-refractivity contribution is -0.144. The SMILES string of the molecule is C=CCN1C(=O)[C@@]2(/C(=C(\O)c3ccc4c(c3)OCCO4)C(=O)C(=O)N2CCOC)c2ccccc21. The Bertz CT molecular complexity index is 1280. The number of aliphatic hydroxyl groups excluding tert-OH is 1. The molecular formula is C26H24N2O7. The van der Waals surface area contributed by atoms with Crippen molar-refractivity contribution in [2.75, 3.05) is 44.9 Å². The Labute approximate surface area is 201 Å². The zero-order valence-electron chi connectivity index (χ0n) is 19.2. The van der Waals surface area contributed by atoms with E-state index < -0.39 is 28.9 Å². The Morgan fingerprint density at radius 1 is 1.14 bits per heavy atom. The molecule has 180 valence electrons. The van der Waals surface area contributed by atoms with Gasteiger partial charge in [-0.15, -0.1) is 6.58 Å². The van der Waals surface area contributed by atoms with Crippen molar-refractivity contribution in [1.82, 2.24) is 4.90 Å². The number of carbonyl (C=O) groups excluding carboxylic acids is 3. The Morgan fingerprint density at radius 2 is 1.89 bits per heavy atom. The summed E-state index contributed by atoms with van der Waals surface area (Å²) in [4.78, 5) is 43.6. The van der Waals surface area contributed by atoms with Crippen molar-refractivity contribution in [3.63, 3.8) is 0 Å². The van der Waals surface area contributed by atoms with E-state index in [1.807, 2.05) is 0 Å². The van der Waals surface area contributed by atoms with Crippen molar-refractivity contribution in [3.8, 4) is 11.5 Å². The van der Waals surface area contributed by atoms with E-state index in [2.05, 4.69) is 6.58 Å². The minimum Gasteiger partial charge on any atom is -0.507 e. The summed E-state index contributed by atoms with van der Waals surface area (Å²) in [5, 5.41) is 11.5. The number of anilines is 1. The van der Waals surface area contributed by atoms with Crippen LogP contribution in [0.2, 0.25) is 0 Å². The normalized spacial score (nSPS) is 22.1. The third-order valence-corrected chi connectivity index (χ3v) is 6.46. The van der Waals surface area contributed by atoms with Gasteiger partial charge in [0, 0.05) is 31.3 Å². The van der Waals surface area contributed by atoms with Crippen molar-refractivity contribution in [2.45, 2.75) is 5.54 Å². The molecule has 1 fully saturated rings. The van der Waals surface area contributed by atoms with Gasteiger partial charge in [0.2, 0.25) is 0 Å². The predicted octanol–water partition coefficient (Wildman–Crippen LogP) is 2.21. The van der Waals surface area contributed by atoms with Crippen LogP contribution in [-0.4, -0.2) is 67.6 Å². The molecule has 1 spiro atoms. The highest BCUT2D eigenvalue weighted by Crippen LogP contribution is 2.53. The van der Waals surface area contributed by atoms with Crippen molar-refractivity contribution < 1.29 is 33.7 Å². The second kappa shape index (κ2) is 8.59. The topological polar surface area (TPSA) is 106 Å². The Kier molecular flexibility index (Phi) is 5.56. The highest BCUT2D eigenvalue weighted by molar-refractivity contribution is 6.50. The molecule has 9 heteroatoms. The minimum atomic E-state index is -1.84. The third kappa shape index (κ3) is 3.15. The number of benzene rings is 2. The lowest BCUT2D eigenvalue weighted by Gasteiger charge is -2.34. The molecule has 1 saturated heterocycles. The number of ketones is 1. The predicted molar refractivity (Wildman–Crippen MR) is 126 cm³/mol. The molecule has 9 nitrogen and oxygen atoms in total. The van der Waals surface area contributed by atoms with Crippen LogP contribution in [0.25, 0.3) is 5.76 Å². The summed E-state index contributed by atoms with van der Waals surface area (Å²) in [5.74, 6) is -1.92. The number of likely N-dealkylation sites (tertiary alicyclic amines) is 1. The number of hydrogen-bond acceptors (Lipinski definition) is 7. The van der Waals surface area contributed by atoms with Gasteiger partial charge in [0.25, 0.3) is 17.6 Å². The minimum absolute atomic E-state index is 0.0268. The maximum atomic E-state index is 14.1. The molecule has 3 aliphatic heterocycles. The molecule has 3 aliphatic rings. The quantitative estimate of drug-likeness (QED) is 0.295. The van der Waals surface area contributed by atoms with E-state index in [1.54, 1.807) is 42.5 Å². The van der Waals surface area contributed by atoms with Crippen molar-refractivity contribution in [1.29, 1.82) is 0 Å². The molecule has 0 aliphatic carbocycles. The van der Waals surface area contributed by atoms with Gasteiger partial charge >= 0.3 is 0 Å². The summed E-state index contributed by atoms with van der Waals surface area (Å²) < 4.78 is 16.3. The van der Waals surface area contributed by atoms with Gasteiger partial charge in [0.05, 0.1) is 17.9 Å². The van der Waals surface area contributed by atoms with Crippen molar-refractivity contribution in [3.05, 3.63) is 71.8 Å². The maximum Gasteiger partial charge on any atom is 0.296 e. The lowest BCUT2D eigenvalue weighted by Crippen LogP contribution is -2.52. The van der Waals surface area contributed by atoms with Crippen molar-refractivity contribution in [2.24, 2.45) is 0 Å². The summed E-state index contributed by atoms with van der Waals surface area (Å²) in [6, 6.07) is 11.6. The molecule has 0 unspecified atom stereocenters. The number of aliphatic hydroxyl groups is 1. The fourth-order valence-electron chi connectivity index (χ4n) is 4.99. The number of ether oxygens (including phenoxy) is 3. The van der Waals surface area contributed by atoms with Crippen molar-refractivity contribution >= 4 is 29.0 Å². The number of fused-ring (bicyclic) bond motifs is 3. The van der Waals surface area contributed by atoms with E-state index in [-0.39, 0.29) is 30.8 Å². The van der Waals surface area contributed by atoms with E-state index >= 15 is 0 Å². The molecular weight excluding hydrogens is 452 g/mol. The molecule has 1 N–H and O–H groups in total. The summed E-state index contributed by atoms with van der Waals surface area (Å²) in [6.07, 6.45) is 1.57. The summed E-state index contributed by atoms with van der Waals surface area (Å²) in [6.45, 7) is 4.70. The van der Waals surface area contributed by atoms with Crippen LogP contribution < -0.4 is 14.4 Å². The fourth-order valence-corrected chi connectivity index (χ4v) is 4.99. The molecule has 3 heterocycles. The zero-order chi connectivity index (χ0) is 24.7. The number of amides is 2. The lowest BCUT2D eigenvalue weighted by atomic mass is 9.82. The Hall–Kier alpha value is -4.11. The van der Waals surface area contributed by atoms with Gasteiger partial charge in [-0.05, 0) is 24.3 Å². The molecule has 0 radical (unpaired) electrons. The van der Waals surface area contributed by atoms with E-state index in [0.717, 1.165) is 0 Å². The van der Waals surface area contributed by atoms with Gasteiger partial charge in [-0.3, -0.25) is 14.4 Å². The largest absolute Gasteiger partial charge is 0.507 e. The first kappa shape index (κ1) is 22.7. The fraction of sp³-hybridized carbons (Fsp3) is 0.269. The summed E-state index contributed by atoms with van der Waals surface area (Å²) in [7, 11) is 1.47. The smallest absolute Gasteiger partial charge is 0.296 e. The first-order valence-corrected chi connectivity index (χ1v) is 11.2. The van der Waals surface area contributed by atoms with Gasteiger partial charge in [0.1, 0.15) is 19.0 Å². The first-order valence-electron chi connectivity index (χ1n) is 11.2. The molecule has 5 rings (SSSR count). The number of hydrogen-bond donors (Lipinski definition) is 1. The average molecular weight is 476 g/mol. The van der Waals surface area contributed by atoms with Gasteiger partial charge in [-0.1, -0.05) is 24.3 Å².